The van der Waals surface area contributed by atoms with Crippen LogP contribution in [0.3, 0.4) is 0 Å². The van der Waals surface area contributed by atoms with Gasteiger partial charge in [0.15, 0.2) is 5.82 Å². The lowest BCUT2D eigenvalue weighted by Crippen LogP contribution is -2.15. The molecule has 1 aromatic carbocycles. The summed E-state index contributed by atoms with van der Waals surface area (Å²) >= 11 is 0. The van der Waals surface area contributed by atoms with Gasteiger partial charge in [0.1, 0.15) is 24.0 Å². The maximum atomic E-state index is 12.6. The van der Waals surface area contributed by atoms with E-state index >= 15 is 0 Å². The lowest BCUT2D eigenvalue weighted by Gasteiger charge is -2.12. The van der Waals surface area contributed by atoms with Crippen LogP contribution in [0, 0.1) is 25.2 Å². The second-order valence-electron chi connectivity index (χ2n) is 5.05. The molecular formula is C16H15F3N4O. The Kier molecular flexibility index (Phi) is 5.24. The Bertz CT molecular complexity index is 769. The molecule has 8 heteroatoms. The van der Waals surface area contributed by atoms with Crippen LogP contribution < -0.4 is 10.1 Å². The minimum absolute atomic E-state index is 0.112. The van der Waals surface area contributed by atoms with Crippen LogP contribution in [0.2, 0.25) is 0 Å². The van der Waals surface area contributed by atoms with Crippen molar-refractivity contribution < 1.29 is 17.9 Å². The number of nitrogens with zero attached hydrogens (tertiary/aromatic N) is 3. The molecule has 0 aliphatic rings. The molecule has 0 radical (unpaired) electrons. The lowest BCUT2D eigenvalue weighted by molar-refractivity contribution is -0.137. The topological polar surface area (TPSA) is 70.8 Å². The number of nitriles is 1. The van der Waals surface area contributed by atoms with Crippen molar-refractivity contribution in [1.29, 1.82) is 5.26 Å². The summed E-state index contributed by atoms with van der Waals surface area (Å²) in [6, 6.07) is 6.71. The second kappa shape index (κ2) is 7.17. The van der Waals surface area contributed by atoms with Gasteiger partial charge in [-0.05, 0) is 37.6 Å². The van der Waals surface area contributed by atoms with Crippen LogP contribution in [0.15, 0.2) is 24.3 Å². The third-order valence-corrected chi connectivity index (χ3v) is 3.39. The van der Waals surface area contributed by atoms with E-state index in [0.29, 0.717) is 17.1 Å². The van der Waals surface area contributed by atoms with Crippen molar-refractivity contribution in [2.45, 2.75) is 20.0 Å². The van der Waals surface area contributed by atoms with Crippen LogP contribution >= 0.6 is 0 Å². The molecule has 126 valence electrons. The zero-order chi connectivity index (χ0) is 17.7. The van der Waals surface area contributed by atoms with Crippen LogP contribution in [-0.4, -0.2) is 23.3 Å². The summed E-state index contributed by atoms with van der Waals surface area (Å²) in [5.74, 6) is 0.451. The van der Waals surface area contributed by atoms with E-state index < -0.39 is 11.7 Å². The summed E-state index contributed by atoms with van der Waals surface area (Å²) in [5, 5.41) is 19.9. The van der Waals surface area contributed by atoms with E-state index in [1.165, 1.54) is 12.1 Å². The number of halogens is 3. The summed E-state index contributed by atoms with van der Waals surface area (Å²) in [7, 11) is 0. The molecule has 0 fully saturated rings. The van der Waals surface area contributed by atoms with Gasteiger partial charge < -0.3 is 10.1 Å². The molecule has 1 heterocycles. The summed E-state index contributed by atoms with van der Waals surface area (Å²) in [4.78, 5) is 0. The number of hydrogen-bond donors (Lipinski definition) is 1. The number of nitrogens with one attached hydrogen (secondary N) is 1. The molecule has 2 aromatic rings. The fourth-order valence-electron chi connectivity index (χ4n) is 1.97. The van der Waals surface area contributed by atoms with Crippen molar-refractivity contribution in [2.24, 2.45) is 0 Å². The number of alkyl halides is 3. The number of rotatable bonds is 5. The van der Waals surface area contributed by atoms with Gasteiger partial charge in [0, 0.05) is 0 Å². The van der Waals surface area contributed by atoms with Gasteiger partial charge in [-0.15, -0.1) is 5.10 Å². The summed E-state index contributed by atoms with van der Waals surface area (Å²) in [5.41, 5.74) is 1.02. The van der Waals surface area contributed by atoms with Crippen molar-refractivity contribution in [3.05, 3.63) is 46.6 Å². The molecule has 0 aliphatic carbocycles. The highest BCUT2D eigenvalue weighted by molar-refractivity contribution is 5.55. The van der Waals surface area contributed by atoms with E-state index in [-0.39, 0.29) is 18.9 Å². The molecule has 0 spiro atoms. The predicted molar refractivity (Wildman–Crippen MR) is 81.6 cm³/mol. The van der Waals surface area contributed by atoms with Crippen molar-refractivity contribution in [3.8, 4) is 11.8 Å². The first-order chi connectivity index (χ1) is 11.3. The van der Waals surface area contributed by atoms with Crippen molar-refractivity contribution in [3.63, 3.8) is 0 Å². The third kappa shape index (κ3) is 4.13. The van der Waals surface area contributed by atoms with Gasteiger partial charge in [-0.1, -0.05) is 6.07 Å². The van der Waals surface area contributed by atoms with Gasteiger partial charge in [0.25, 0.3) is 0 Å². The van der Waals surface area contributed by atoms with Crippen LogP contribution in [0.1, 0.15) is 22.4 Å². The summed E-state index contributed by atoms with van der Waals surface area (Å²) in [6.07, 6.45) is -4.41. The van der Waals surface area contributed by atoms with Crippen LogP contribution in [0.5, 0.6) is 5.75 Å². The van der Waals surface area contributed by atoms with Crippen molar-refractivity contribution in [1.82, 2.24) is 10.2 Å². The molecule has 0 atom stereocenters. The van der Waals surface area contributed by atoms with Crippen molar-refractivity contribution in [2.75, 3.05) is 18.5 Å². The number of aromatic nitrogens is 2. The maximum absolute atomic E-state index is 12.6. The fourth-order valence-corrected chi connectivity index (χ4v) is 1.97. The van der Waals surface area contributed by atoms with Gasteiger partial charge in [-0.25, -0.2) is 0 Å². The van der Waals surface area contributed by atoms with Crippen LogP contribution in [-0.2, 0) is 6.18 Å². The molecule has 0 amide bonds. The SMILES string of the molecule is Cc1nnc(NCCOc2cccc(C(F)(F)F)c2)c(C#N)c1C. The number of hydrogen-bond acceptors (Lipinski definition) is 5. The second-order valence-corrected chi connectivity index (χ2v) is 5.05. The largest absolute Gasteiger partial charge is 0.492 e. The fraction of sp³-hybridized carbons (Fsp3) is 0.312. The Labute approximate surface area is 137 Å². The average molecular weight is 336 g/mol. The highest BCUT2D eigenvalue weighted by Gasteiger charge is 2.30. The predicted octanol–water partition coefficient (Wildman–Crippen LogP) is 3.47. The Morgan fingerprint density at radius 3 is 2.67 bits per heavy atom. The Morgan fingerprint density at radius 2 is 2.00 bits per heavy atom. The first kappa shape index (κ1) is 17.5. The molecule has 1 N–H and O–H groups in total. The molecule has 0 aliphatic heterocycles. The molecular weight excluding hydrogens is 321 g/mol. The van der Waals surface area contributed by atoms with E-state index in [0.717, 1.165) is 17.7 Å². The van der Waals surface area contributed by atoms with Crippen LogP contribution in [0.25, 0.3) is 0 Å². The normalized spacial score (nSPS) is 11.0. The smallest absolute Gasteiger partial charge is 0.416 e. The van der Waals surface area contributed by atoms with E-state index in [1.54, 1.807) is 13.8 Å². The highest BCUT2D eigenvalue weighted by Crippen LogP contribution is 2.31. The van der Waals surface area contributed by atoms with E-state index in [4.69, 9.17) is 10.00 Å². The molecule has 1 aromatic heterocycles. The zero-order valence-electron chi connectivity index (χ0n) is 13.1. The minimum atomic E-state index is -4.41. The highest BCUT2D eigenvalue weighted by atomic mass is 19.4. The van der Waals surface area contributed by atoms with Gasteiger partial charge in [0.2, 0.25) is 0 Å². The van der Waals surface area contributed by atoms with Gasteiger partial charge in [0.05, 0.1) is 17.8 Å². The monoisotopic (exact) mass is 336 g/mol. The first-order valence-electron chi connectivity index (χ1n) is 7.11. The third-order valence-electron chi connectivity index (χ3n) is 3.39. The molecule has 2 rings (SSSR count). The molecule has 0 saturated heterocycles. The van der Waals surface area contributed by atoms with Gasteiger partial charge in [-0.2, -0.15) is 23.5 Å². The standard InChI is InChI=1S/C16H15F3N4O/c1-10-11(2)22-23-15(14(10)9-20)21-6-7-24-13-5-3-4-12(8-13)16(17,18)19/h3-5,8H,6-7H2,1-2H3,(H,21,23). The number of anilines is 1. The van der Waals surface area contributed by atoms with E-state index in [1.807, 2.05) is 0 Å². The summed E-state index contributed by atoms with van der Waals surface area (Å²) < 4.78 is 43.2. The Morgan fingerprint density at radius 1 is 1.25 bits per heavy atom. The molecule has 5 nitrogen and oxygen atoms in total. The Hall–Kier alpha value is -2.82. The first-order valence-corrected chi connectivity index (χ1v) is 7.11. The lowest BCUT2D eigenvalue weighted by atomic mass is 10.1. The van der Waals surface area contributed by atoms with Crippen LogP contribution in [0.4, 0.5) is 19.0 Å². The molecule has 0 bridgehead atoms. The molecule has 0 unspecified atom stereocenters. The quantitative estimate of drug-likeness (QED) is 0.847. The molecule has 0 saturated carbocycles. The Balaban J connectivity index is 1.95. The minimum Gasteiger partial charge on any atom is -0.492 e. The van der Waals surface area contributed by atoms with Crippen molar-refractivity contribution >= 4 is 5.82 Å². The molecule has 24 heavy (non-hydrogen) atoms. The van der Waals surface area contributed by atoms with E-state index in [9.17, 15) is 13.2 Å². The average Bonchev–Trinajstić information content (AvgIpc) is 2.54. The zero-order valence-corrected chi connectivity index (χ0v) is 13.1. The van der Waals surface area contributed by atoms with E-state index in [2.05, 4.69) is 21.6 Å². The van der Waals surface area contributed by atoms with Gasteiger partial charge in [-0.3, -0.25) is 0 Å². The van der Waals surface area contributed by atoms with Gasteiger partial charge >= 0.3 is 6.18 Å². The maximum Gasteiger partial charge on any atom is 0.416 e. The summed E-state index contributed by atoms with van der Waals surface area (Å²) in [6.45, 7) is 3.90. The number of benzene rings is 1. The number of ether oxygens (including phenoxy) is 1. The number of aryl methyl sites for hydroxylation is 1.